The highest BCUT2D eigenvalue weighted by atomic mass is 32.2. The number of nitrogens with zero attached hydrogens (tertiary/aromatic N) is 2. The second kappa shape index (κ2) is 10.6. The van der Waals surface area contributed by atoms with Crippen LogP contribution in [0.4, 0.5) is 11.4 Å². The Morgan fingerprint density at radius 1 is 1.20 bits per heavy atom. The van der Waals surface area contributed by atoms with E-state index in [1.165, 1.54) is 18.2 Å². The van der Waals surface area contributed by atoms with Crippen molar-refractivity contribution >= 4 is 27.3 Å². The zero-order valence-electron chi connectivity index (χ0n) is 16.9. The molecule has 0 aliphatic carbocycles. The van der Waals surface area contributed by atoms with Gasteiger partial charge in [-0.1, -0.05) is 18.2 Å². The van der Waals surface area contributed by atoms with Crippen molar-refractivity contribution in [3.8, 4) is 5.75 Å². The molecule has 0 atom stereocenters. The summed E-state index contributed by atoms with van der Waals surface area (Å²) >= 11 is 0. The highest BCUT2D eigenvalue weighted by Gasteiger charge is 2.22. The molecular weight excluding hydrogens is 410 g/mol. The maximum absolute atomic E-state index is 12.3. The van der Waals surface area contributed by atoms with E-state index in [0.29, 0.717) is 19.6 Å². The third kappa shape index (κ3) is 7.03. The number of ether oxygens (including phenoxy) is 1. The third-order valence-corrected chi connectivity index (χ3v) is 5.36. The van der Waals surface area contributed by atoms with Crippen LogP contribution in [0.5, 0.6) is 5.75 Å². The molecule has 2 aromatic rings. The Morgan fingerprint density at radius 2 is 1.90 bits per heavy atom. The number of non-ortho nitro benzene ring substituents is 1. The summed E-state index contributed by atoms with van der Waals surface area (Å²) in [5.41, 5.74) is 0.912. The monoisotopic (exact) mass is 435 g/mol. The summed E-state index contributed by atoms with van der Waals surface area (Å²) in [5, 5.41) is 13.6. The van der Waals surface area contributed by atoms with Gasteiger partial charge in [-0.15, -0.1) is 0 Å². The van der Waals surface area contributed by atoms with E-state index in [1.54, 1.807) is 0 Å². The summed E-state index contributed by atoms with van der Waals surface area (Å²) in [7, 11) is -3.80. The van der Waals surface area contributed by atoms with Crippen molar-refractivity contribution in [2.24, 2.45) is 0 Å². The van der Waals surface area contributed by atoms with Crippen LogP contribution in [0.1, 0.15) is 18.9 Å². The van der Waals surface area contributed by atoms with Gasteiger partial charge in [-0.25, -0.2) is 8.42 Å². The zero-order valence-corrected chi connectivity index (χ0v) is 17.7. The molecular formula is C20H25N3O6S. The van der Waals surface area contributed by atoms with Gasteiger partial charge >= 0.3 is 0 Å². The number of nitro groups is 1. The highest BCUT2D eigenvalue weighted by Crippen LogP contribution is 2.23. The maximum Gasteiger partial charge on any atom is 0.271 e. The lowest BCUT2D eigenvalue weighted by Crippen LogP contribution is -2.40. The molecule has 0 aliphatic heterocycles. The Kier molecular flexibility index (Phi) is 8.16. The van der Waals surface area contributed by atoms with Gasteiger partial charge in [0.15, 0.2) is 0 Å². The van der Waals surface area contributed by atoms with Crippen molar-refractivity contribution in [3.05, 3.63) is 64.2 Å². The smallest absolute Gasteiger partial charge is 0.271 e. The fourth-order valence-corrected chi connectivity index (χ4v) is 3.64. The molecule has 0 saturated carbocycles. The van der Waals surface area contributed by atoms with Gasteiger partial charge in [-0.3, -0.25) is 19.2 Å². The van der Waals surface area contributed by atoms with Crippen LogP contribution in [0.3, 0.4) is 0 Å². The summed E-state index contributed by atoms with van der Waals surface area (Å²) in [6.45, 7) is 2.44. The number of anilines is 1. The van der Waals surface area contributed by atoms with E-state index in [9.17, 15) is 23.3 Å². The molecule has 0 heterocycles. The molecule has 0 spiro atoms. The molecule has 10 heteroatoms. The molecule has 0 saturated heterocycles. The molecule has 1 amide bonds. The lowest BCUT2D eigenvalue weighted by molar-refractivity contribution is -0.384. The second-order valence-electron chi connectivity index (χ2n) is 6.58. The number of aryl methyl sites for hydroxylation is 1. The first kappa shape index (κ1) is 23.1. The molecule has 0 bridgehead atoms. The number of hydrogen-bond acceptors (Lipinski definition) is 6. The van der Waals surface area contributed by atoms with Gasteiger partial charge < -0.3 is 10.1 Å². The average molecular weight is 436 g/mol. The molecule has 30 heavy (non-hydrogen) atoms. The van der Waals surface area contributed by atoms with Crippen LogP contribution in [-0.4, -0.2) is 45.2 Å². The first-order valence-corrected chi connectivity index (χ1v) is 11.3. The number of sulfonamides is 1. The van der Waals surface area contributed by atoms with Gasteiger partial charge in [-0.2, -0.15) is 0 Å². The summed E-state index contributed by atoms with van der Waals surface area (Å²) < 4.78 is 30.4. The summed E-state index contributed by atoms with van der Waals surface area (Å²) in [6.07, 6.45) is 2.37. The normalized spacial score (nSPS) is 11.0. The fraction of sp³-hybridized carbons (Fsp3) is 0.350. The largest absolute Gasteiger partial charge is 0.494 e. The van der Waals surface area contributed by atoms with Gasteiger partial charge in [0.05, 0.1) is 23.5 Å². The van der Waals surface area contributed by atoms with E-state index < -0.39 is 27.4 Å². The topological polar surface area (TPSA) is 119 Å². The predicted molar refractivity (Wildman–Crippen MR) is 114 cm³/mol. The van der Waals surface area contributed by atoms with Crippen molar-refractivity contribution in [1.29, 1.82) is 0 Å². The van der Waals surface area contributed by atoms with Gasteiger partial charge in [0.25, 0.3) is 5.69 Å². The number of carbonyl (C=O) groups excluding carboxylic acids is 1. The van der Waals surface area contributed by atoms with Crippen LogP contribution in [-0.2, 0) is 21.2 Å². The van der Waals surface area contributed by atoms with Gasteiger partial charge in [0.1, 0.15) is 12.3 Å². The first-order chi connectivity index (χ1) is 14.2. The minimum atomic E-state index is -3.80. The number of nitrogens with one attached hydrogen (secondary N) is 1. The molecule has 0 aromatic heterocycles. The lowest BCUT2D eigenvalue weighted by Gasteiger charge is -2.21. The number of rotatable bonds is 11. The van der Waals surface area contributed by atoms with E-state index in [-0.39, 0.29) is 11.4 Å². The van der Waals surface area contributed by atoms with E-state index in [1.807, 2.05) is 31.2 Å². The van der Waals surface area contributed by atoms with Gasteiger partial charge in [0.2, 0.25) is 15.9 Å². The van der Waals surface area contributed by atoms with Gasteiger partial charge in [0, 0.05) is 18.7 Å². The Bertz CT molecular complexity index is 976. The van der Waals surface area contributed by atoms with Crippen LogP contribution in [0.15, 0.2) is 48.5 Å². The van der Waals surface area contributed by atoms with Crippen LogP contribution < -0.4 is 14.4 Å². The Labute approximate surface area is 175 Å². The van der Waals surface area contributed by atoms with Crippen LogP contribution in [0.25, 0.3) is 0 Å². The van der Waals surface area contributed by atoms with Crippen LogP contribution in [0.2, 0.25) is 0 Å². The maximum atomic E-state index is 12.3. The number of hydrogen-bond donors (Lipinski definition) is 1. The second-order valence-corrected chi connectivity index (χ2v) is 8.48. The molecule has 1 N–H and O–H groups in total. The molecule has 2 rings (SSSR count). The van der Waals surface area contributed by atoms with Crippen molar-refractivity contribution in [1.82, 2.24) is 5.32 Å². The van der Waals surface area contributed by atoms with E-state index >= 15 is 0 Å². The Morgan fingerprint density at radius 3 is 2.50 bits per heavy atom. The van der Waals surface area contributed by atoms with E-state index in [4.69, 9.17) is 4.74 Å². The number of nitro benzene ring substituents is 1. The van der Waals surface area contributed by atoms with Crippen molar-refractivity contribution < 1.29 is 22.9 Å². The molecule has 0 aliphatic rings. The molecule has 0 fully saturated rings. The standard InChI is InChI=1S/C20H25N3O6S/c1-3-29-19-11-9-16(10-12-19)6-5-13-21-20(24)15-22(30(2,27)28)17-7-4-8-18(14-17)23(25)26/h4,7-12,14H,3,5-6,13,15H2,1-2H3,(H,21,24). The Balaban J connectivity index is 1.90. The summed E-state index contributed by atoms with van der Waals surface area (Å²) in [6, 6.07) is 12.9. The number of amides is 1. The number of carbonyl (C=O) groups is 1. The SMILES string of the molecule is CCOc1ccc(CCCNC(=O)CN(c2cccc([N+](=O)[O-])c2)S(C)(=O)=O)cc1. The summed E-state index contributed by atoms with van der Waals surface area (Å²) in [4.78, 5) is 22.6. The van der Waals surface area contributed by atoms with E-state index in [0.717, 1.165) is 34.4 Å². The minimum Gasteiger partial charge on any atom is -0.494 e. The Hall–Kier alpha value is -3.14. The van der Waals surface area contributed by atoms with Crippen molar-refractivity contribution in [2.45, 2.75) is 19.8 Å². The minimum absolute atomic E-state index is 0.0660. The van der Waals surface area contributed by atoms with Crippen molar-refractivity contribution in [3.63, 3.8) is 0 Å². The average Bonchev–Trinajstić information content (AvgIpc) is 2.70. The van der Waals surface area contributed by atoms with Crippen molar-refractivity contribution in [2.75, 3.05) is 30.3 Å². The van der Waals surface area contributed by atoms with Crippen LogP contribution >= 0.6 is 0 Å². The third-order valence-electron chi connectivity index (χ3n) is 4.21. The molecule has 9 nitrogen and oxygen atoms in total. The van der Waals surface area contributed by atoms with Crippen LogP contribution in [0, 0.1) is 10.1 Å². The number of benzene rings is 2. The molecule has 2 aromatic carbocycles. The zero-order chi connectivity index (χ0) is 22.1. The lowest BCUT2D eigenvalue weighted by atomic mass is 10.1. The highest BCUT2D eigenvalue weighted by molar-refractivity contribution is 7.92. The molecule has 0 radical (unpaired) electrons. The predicted octanol–water partition coefficient (Wildman–Crippen LogP) is 2.51. The first-order valence-electron chi connectivity index (χ1n) is 9.41. The summed E-state index contributed by atoms with van der Waals surface area (Å²) in [5.74, 6) is 0.315. The quantitative estimate of drug-likeness (QED) is 0.329. The molecule has 162 valence electrons. The van der Waals surface area contributed by atoms with Gasteiger partial charge in [-0.05, 0) is 43.5 Å². The van der Waals surface area contributed by atoms with E-state index in [2.05, 4.69) is 5.32 Å². The fourth-order valence-electron chi connectivity index (χ4n) is 2.79. The molecule has 0 unspecified atom stereocenters.